The Labute approximate surface area is 160 Å². The van der Waals surface area contributed by atoms with Crippen LogP contribution < -0.4 is 16.5 Å². The highest BCUT2D eigenvalue weighted by Crippen LogP contribution is 2.14. The molecular weight excluding hydrogens is 344 g/mol. The predicted octanol–water partition coefficient (Wildman–Crippen LogP) is 2.68. The Hall–Kier alpha value is -2.83. The number of benzene rings is 1. The van der Waals surface area contributed by atoms with Gasteiger partial charge in [0.1, 0.15) is 0 Å². The Kier molecular flexibility index (Phi) is 8.35. The second-order valence-electron chi connectivity index (χ2n) is 6.57. The predicted molar refractivity (Wildman–Crippen MR) is 106 cm³/mol. The van der Waals surface area contributed by atoms with Gasteiger partial charge in [0, 0.05) is 36.8 Å². The molecule has 0 aliphatic carbocycles. The van der Waals surface area contributed by atoms with E-state index in [0.717, 1.165) is 49.2 Å². The molecule has 1 aromatic carbocycles. The third kappa shape index (κ3) is 7.94. The number of anilines is 1. The van der Waals surface area contributed by atoms with Crippen LogP contribution in [-0.4, -0.2) is 30.7 Å². The second-order valence-corrected chi connectivity index (χ2v) is 6.57. The van der Waals surface area contributed by atoms with E-state index in [1.54, 1.807) is 6.92 Å². The van der Waals surface area contributed by atoms with Gasteiger partial charge in [-0.1, -0.05) is 18.6 Å². The van der Waals surface area contributed by atoms with Gasteiger partial charge in [-0.2, -0.15) is 5.10 Å². The number of hydrogen-bond acceptors (Lipinski definition) is 6. The molecule has 0 saturated carbocycles. The Morgan fingerprint density at radius 1 is 1.22 bits per heavy atom. The third-order valence-corrected chi connectivity index (χ3v) is 4.11. The molecule has 0 atom stereocenters. The van der Waals surface area contributed by atoms with Crippen LogP contribution in [-0.2, 0) is 14.3 Å². The molecule has 7 heteroatoms. The zero-order valence-electron chi connectivity index (χ0n) is 15.8. The number of unbranched alkanes of at least 4 members (excludes halogenated alkanes) is 3. The molecule has 0 fully saturated rings. The minimum absolute atomic E-state index is 0.0299. The highest BCUT2D eigenvalue weighted by Gasteiger charge is 2.12. The maximum absolute atomic E-state index is 11.3. The van der Waals surface area contributed by atoms with Gasteiger partial charge in [0.05, 0.1) is 12.3 Å². The Bertz CT molecular complexity index is 692. The summed E-state index contributed by atoms with van der Waals surface area (Å²) in [5.74, 6) is -0.403. The summed E-state index contributed by atoms with van der Waals surface area (Å²) in [4.78, 5) is 22.4. The van der Waals surface area contributed by atoms with Gasteiger partial charge in [0.25, 0.3) is 0 Å². The van der Waals surface area contributed by atoms with Crippen molar-refractivity contribution in [3.8, 4) is 0 Å². The lowest BCUT2D eigenvalue weighted by molar-refractivity contribution is -0.137. The molecule has 1 aliphatic rings. The lowest BCUT2D eigenvalue weighted by Crippen LogP contribution is -2.25. The number of amides is 1. The van der Waals surface area contributed by atoms with E-state index >= 15 is 0 Å². The Morgan fingerprint density at radius 3 is 2.63 bits per heavy atom. The number of nitrogens with zero attached hydrogens (tertiary/aromatic N) is 1. The van der Waals surface area contributed by atoms with Crippen LogP contribution in [0.5, 0.6) is 0 Å². The number of rotatable bonds is 10. The molecule has 1 heterocycles. The standard InChI is InChI=1S/C20H28N4O3/c1-15(21)14-20(26)27-13-5-3-2-4-12-22-17-8-6-16(7-9-17)18-10-11-19(25)24-23-18/h6-9,14,22H,2-5,10-13,21H2,1H3,(H,24,25). The van der Waals surface area contributed by atoms with Crippen LogP contribution in [0.3, 0.4) is 0 Å². The molecular formula is C20H28N4O3. The quantitative estimate of drug-likeness (QED) is 0.333. The molecule has 2 rings (SSSR count). The lowest BCUT2D eigenvalue weighted by Gasteiger charge is -2.13. The average molecular weight is 372 g/mol. The van der Waals surface area contributed by atoms with Gasteiger partial charge < -0.3 is 15.8 Å². The maximum Gasteiger partial charge on any atom is 0.332 e. The van der Waals surface area contributed by atoms with Gasteiger partial charge in [0.15, 0.2) is 0 Å². The topological polar surface area (TPSA) is 106 Å². The van der Waals surface area contributed by atoms with Crippen molar-refractivity contribution in [1.82, 2.24) is 5.43 Å². The summed E-state index contributed by atoms with van der Waals surface area (Å²) >= 11 is 0. The van der Waals surface area contributed by atoms with Crippen LogP contribution in [0.2, 0.25) is 0 Å². The second kappa shape index (κ2) is 11.0. The van der Waals surface area contributed by atoms with Gasteiger partial charge in [-0.25, -0.2) is 10.2 Å². The highest BCUT2D eigenvalue weighted by atomic mass is 16.5. The third-order valence-electron chi connectivity index (χ3n) is 4.11. The first-order valence-corrected chi connectivity index (χ1v) is 9.35. The number of carbonyl (C=O) groups excluding carboxylic acids is 2. The van der Waals surface area contributed by atoms with Crippen molar-refractivity contribution in [2.45, 2.75) is 45.4 Å². The van der Waals surface area contributed by atoms with Crippen LogP contribution in [0.4, 0.5) is 5.69 Å². The smallest absolute Gasteiger partial charge is 0.332 e. The first kappa shape index (κ1) is 20.5. The van der Waals surface area contributed by atoms with Gasteiger partial charge in [-0.05, 0) is 43.9 Å². The van der Waals surface area contributed by atoms with Gasteiger partial charge >= 0.3 is 5.97 Å². The van der Waals surface area contributed by atoms with Crippen molar-refractivity contribution in [3.63, 3.8) is 0 Å². The first-order chi connectivity index (χ1) is 13.0. The van der Waals surface area contributed by atoms with E-state index in [4.69, 9.17) is 10.5 Å². The molecule has 1 amide bonds. The van der Waals surface area contributed by atoms with Crippen LogP contribution in [0.25, 0.3) is 0 Å². The number of esters is 1. The number of hydrogen-bond donors (Lipinski definition) is 3. The zero-order chi connectivity index (χ0) is 19.5. The fourth-order valence-corrected chi connectivity index (χ4v) is 2.68. The van der Waals surface area contributed by atoms with Crippen molar-refractivity contribution >= 4 is 23.3 Å². The summed E-state index contributed by atoms with van der Waals surface area (Å²) in [5, 5.41) is 7.50. The monoisotopic (exact) mass is 372 g/mol. The van der Waals surface area contributed by atoms with E-state index < -0.39 is 0 Å². The van der Waals surface area contributed by atoms with Crippen LogP contribution in [0.15, 0.2) is 41.1 Å². The summed E-state index contributed by atoms with van der Waals surface area (Å²) in [6.07, 6.45) is 6.46. The van der Waals surface area contributed by atoms with E-state index in [0.29, 0.717) is 25.1 Å². The lowest BCUT2D eigenvalue weighted by atomic mass is 10.0. The Balaban J connectivity index is 1.56. The minimum Gasteiger partial charge on any atom is -0.462 e. The fraction of sp³-hybridized carbons (Fsp3) is 0.450. The summed E-state index contributed by atoms with van der Waals surface area (Å²) in [6.45, 7) is 2.98. The van der Waals surface area contributed by atoms with Crippen LogP contribution in [0, 0.1) is 0 Å². The number of nitrogens with two attached hydrogens (primary N) is 1. The van der Waals surface area contributed by atoms with Crippen molar-refractivity contribution in [3.05, 3.63) is 41.6 Å². The molecule has 4 N–H and O–H groups in total. The average Bonchev–Trinajstić information content (AvgIpc) is 2.64. The summed E-state index contributed by atoms with van der Waals surface area (Å²) in [5.41, 5.74) is 11.4. The fourth-order valence-electron chi connectivity index (χ4n) is 2.68. The van der Waals surface area contributed by atoms with E-state index in [1.165, 1.54) is 6.08 Å². The van der Waals surface area contributed by atoms with E-state index in [1.807, 2.05) is 24.3 Å². The highest BCUT2D eigenvalue weighted by molar-refractivity contribution is 6.04. The first-order valence-electron chi connectivity index (χ1n) is 9.35. The zero-order valence-corrected chi connectivity index (χ0v) is 15.8. The molecule has 146 valence electrons. The molecule has 7 nitrogen and oxygen atoms in total. The molecule has 1 aliphatic heterocycles. The van der Waals surface area contributed by atoms with Crippen molar-refractivity contribution < 1.29 is 14.3 Å². The number of allylic oxidation sites excluding steroid dienone is 1. The number of carbonyl (C=O) groups is 2. The number of hydrazone groups is 1. The van der Waals surface area contributed by atoms with E-state index in [2.05, 4.69) is 15.8 Å². The minimum atomic E-state index is -0.373. The van der Waals surface area contributed by atoms with E-state index in [9.17, 15) is 9.59 Å². The van der Waals surface area contributed by atoms with Gasteiger partial charge in [-0.3, -0.25) is 4.79 Å². The van der Waals surface area contributed by atoms with Gasteiger partial charge in [0.2, 0.25) is 5.91 Å². The maximum atomic E-state index is 11.3. The van der Waals surface area contributed by atoms with Crippen molar-refractivity contribution in [1.29, 1.82) is 0 Å². The summed E-state index contributed by atoms with van der Waals surface area (Å²) in [6, 6.07) is 8.09. The van der Waals surface area contributed by atoms with Crippen molar-refractivity contribution in [2.75, 3.05) is 18.5 Å². The number of ether oxygens (including phenoxy) is 1. The van der Waals surface area contributed by atoms with Crippen LogP contribution in [0.1, 0.15) is 51.0 Å². The van der Waals surface area contributed by atoms with Crippen molar-refractivity contribution in [2.24, 2.45) is 10.8 Å². The molecule has 0 saturated heterocycles. The molecule has 0 aromatic heterocycles. The van der Waals surface area contributed by atoms with Crippen LogP contribution >= 0.6 is 0 Å². The summed E-state index contributed by atoms with van der Waals surface area (Å²) in [7, 11) is 0. The van der Waals surface area contributed by atoms with Gasteiger partial charge in [-0.15, -0.1) is 0 Å². The normalized spacial score (nSPS) is 14.3. The molecule has 0 unspecified atom stereocenters. The SMILES string of the molecule is CC(N)=CC(=O)OCCCCCCNc1ccc(C2=NNC(=O)CC2)cc1. The summed E-state index contributed by atoms with van der Waals surface area (Å²) < 4.78 is 5.05. The van der Waals surface area contributed by atoms with E-state index in [-0.39, 0.29) is 11.9 Å². The molecule has 0 radical (unpaired) electrons. The molecule has 1 aromatic rings. The molecule has 0 bridgehead atoms. The largest absolute Gasteiger partial charge is 0.462 e. The number of nitrogens with one attached hydrogen (secondary N) is 2. The Morgan fingerprint density at radius 2 is 1.96 bits per heavy atom. The molecule has 27 heavy (non-hydrogen) atoms. The molecule has 0 spiro atoms.